The summed E-state index contributed by atoms with van der Waals surface area (Å²) in [5, 5.41) is 3.02. The molecule has 1 nitrogen and oxygen atoms in total. The van der Waals surface area contributed by atoms with Crippen LogP contribution in [0, 0.1) is 0 Å². The Hall–Kier alpha value is -3.81. The van der Waals surface area contributed by atoms with E-state index in [2.05, 4.69) is 84.9 Å². The fourth-order valence-corrected chi connectivity index (χ4v) is 4.50. The van der Waals surface area contributed by atoms with Gasteiger partial charge in [0, 0.05) is 26.9 Å². The van der Waals surface area contributed by atoms with Crippen molar-refractivity contribution in [3.05, 3.63) is 120 Å². The SMILES string of the molecule is Clc1ccc(-c2ccc(-c3cccc4c3oc3c(-c5ccccc5)cccc34)cc2)cc1. The van der Waals surface area contributed by atoms with Crippen LogP contribution in [0.15, 0.2) is 120 Å². The fraction of sp³-hybridized carbons (Fsp3) is 0. The Bertz CT molecular complexity index is 1540. The third-order valence-electron chi connectivity index (χ3n) is 5.98. The lowest BCUT2D eigenvalue weighted by molar-refractivity contribution is 0.671. The first-order valence-corrected chi connectivity index (χ1v) is 11.0. The Morgan fingerprint density at radius 3 is 1.44 bits per heavy atom. The normalized spacial score (nSPS) is 11.3. The van der Waals surface area contributed by atoms with Gasteiger partial charge in [-0.1, -0.05) is 115 Å². The first-order valence-electron chi connectivity index (χ1n) is 10.6. The van der Waals surface area contributed by atoms with Gasteiger partial charge < -0.3 is 4.42 Å². The lowest BCUT2D eigenvalue weighted by Gasteiger charge is -2.06. The van der Waals surface area contributed by atoms with Crippen molar-refractivity contribution in [3.63, 3.8) is 0 Å². The largest absolute Gasteiger partial charge is 0.455 e. The number of furan rings is 1. The third-order valence-corrected chi connectivity index (χ3v) is 6.23. The highest BCUT2D eigenvalue weighted by Gasteiger charge is 2.15. The van der Waals surface area contributed by atoms with Crippen LogP contribution >= 0.6 is 11.6 Å². The van der Waals surface area contributed by atoms with Crippen molar-refractivity contribution in [1.82, 2.24) is 0 Å². The molecule has 32 heavy (non-hydrogen) atoms. The van der Waals surface area contributed by atoms with Crippen LogP contribution in [0.5, 0.6) is 0 Å². The quantitative estimate of drug-likeness (QED) is 0.272. The zero-order chi connectivity index (χ0) is 21.5. The molecule has 1 aromatic heterocycles. The number of hydrogen-bond acceptors (Lipinski definition) is 1. The highest BCUT2D eigenvalue weighted by molar-refractivity contribution is 6.30. The van der Waals surface area contributed by atoms with Crippen LogP contribution in [-0.4, -0.2) is 0 Å². The van der Waals surface area contributed by atoms with E-state index in [1.807, 2.05) is 30.3 Å². The Morgan fingerprint density at radius 1 is 0.406 bits per heavy atom. The van der Waals surface area contributed by atoms with Gasteiger partial charge in [0.2, 0.25) is 0 Å². The molecular formula is C30H19ClO. The minimum atomic E-state index is 0.747. The summed E-state index contributed by atoms with van der Waals surface area (Å²) in [5.41, 5.74) is 8.66. The molecule has 0 bridgehead atoms. The molecule has 0 spiro atoms. The van der Waals surface area contributed by atoms with E-state index in [1.165, 1.54) is 0 Å². The monoisotopic (exact) mass is 430 g/mol. The zero-order valence-corrected chi connectivity index (χ0v) is 18.0. The molecule has 2 heteroatoms. The van der Waals surface area contributed by atoms with E-state index in [1.54, 1.807) is 0 Å². The summed E-state index contributed by atoms with van der Waals surface area (Å²) >= 11 is 6.03. The molecule has 0 saturated carbocycles. The van der Waals surface area contributed by atoms with Gasteiger partial charge in [-0.05, 0) is 34.4 Å². The molecule has 0 radical (unpaired) electrons. The predicted molar refractivity (Wildman–Crippen MR) is 135 cm³/mol. The van der Waals surface area contributed by atoms with Gasteiger partial charge in [0.25, 0.3) is 0 Å². The second-order valence-electron chi connectivity index (χ2n) is 7.92. The standard InChI is InChI=1S/C30H19ClO/c31-24-18-16-21(17-19-24)20-12-14-23(15-13-20)26-9-5-11-28-27-10-4-8-25(29(27)32-30(26)28)22-6-2-1-3-7-22/h1-19H. The highest BCUT2D eigenvalue weighted by Crippen LogP contribution is 2.40. The average Bonchev–Trinajstić information content (AvgIpc) is 3.24. The lowest BCUT2D eigenvalue weighted by atomic mass is 9.98. The zero-order valence-electron chi connectivity index (χ0n) is 17.3. The maximum absolute atomic E-state index is 6.54. The molecule has 6 rings (SSSR count). The summed E-state index contributed by atoms with van der Waals surface area (Å²) in [5.74, 6) is 0. The molecule has 0 fully saturated rings. The first kappa shape index (κ1) is 18.9. The van der Waals surface area contributed by atoms with Crippen molar-refractivity contribution >= 4 is 33.5 Å². The maximum Gasteiger partial charge on any atom is 0.143 e. The second-order valence-corrected chi connectivity index (χ2v) is 8.35. The summed E-state index contributed by atoms with van der Waals surface area (Å²) in [6.07, 6.45) is 0. The number of benzene rings is 5. The van der Waals surface area contributed by atoms with Crippen LogP contribution in [0.2, 0.25) is 5.02 Å². The molecule has 0 aliphatic heterocycles. The number of para-hydroxylation sites is 2. The molecule has 0 aliphatic rings. The predicted octanol–water partition coefficient (Wildman–Crippen LogP) is 9.24. The molecule has 1 heterocycles. The third kappa shape index (κ3) is 3.19. The van der Waals surface area contributed by atoms with Crippen molar-refractivity contribution in [3.8, 4) is 33.4 Å². The summed E-state index contributed by atoms with van der Waals surface area (Å²) in [4.78, 5) is 0. The first-order chi connectivity index (χ1) is 15.8. The van der Waals surface area contributed by atoms with E-state index in [0.29, 0.717) is 0 Å². The van der Waals surface area contributed by atoms with Gasteiger partial charge in [-0.3, -0.25) is 0 Å². The van der Waals surface area contributed by atoms with Crippen molar-refractivity contribution in [1.29, 1.82) is 0 Å². The molecule has 0 atom stereocenters. The Morgan fingerprint density at radius 2 is 0.875 bits per heavy atom. The van der Waals surface area contributed by atoms with E-state index in [4.69, 9.17) is 16.0 Å². The Labute approximate surface area is 191 Å². The van der Waals surface area contributed by atoms with Gasteiger partial charge in [0.05, 0.1) is 0 Å². The van der Waals surface area contributed by atoms with Crippen molar-refractivity contribution < 1.29 is 4.42 Å². The summed E-state index contributed by atoms with van der Waals surface area (Å²) in [6, 6.07) is 39.7. The summed E-state index contributed by atoms with van der Waals surface area (Å²) in [7, 11) is 0. The molecule has 6 aromatic rings. The number of halogens is 1. The smallest absolute Gasteiger partial charge is 0.143 e. The second kappa shape index (κ2) is 7.71. The molecule has 0 unspecified atom stereocenters. The molecule has 0 N–H and O–H groups in total. The average molecular weight is 431 g/mol. The molecule has 0 saturated heterocycles. The molecule has 5 aromatic carbocycles. The van der Waals surface area contributed by atoms with E-state index < -0.39 is 0 Å². The van der Waals surface area contributed by atoms with Gasteiger partial charge in [-0.2, -0.15) is 0 Å². The van der Waals surface area contributed by atoms with Gasteiger partial charge in [-0.15, -0.1) is 0 Å². The topological polar surface area (TPSA) is 13.1 Å². The number of fused-ring (bicyclic) bond motifs is 3. The van der Waals surface area contributed by atoms with Crippen LogP contribution in [0.4, 0.5) is 0 Å². The van der Waals surface area contributed by atoms with E-state index >= 15 is 0 Å². The van der Waals surface area contributed by atoms with Crippen LogP contribution in [0.25, 0.3) is 55.3 Å². The highest BCUT2D eigenvalue weighted by atomic mass is 35.5. The fourth-order valence-electron chi connectivity index (χ4n) is 4.38. The molecule has 152 valence electrons. The lowest BCUT2D eigenvalue weighted by Crippen LogP contribution is -1.81. The minimum Gasteiger partial charge on any atom is -0.455 e. The van der Waals surface area contributed by atoms with E-state index in [9.17, 15) is 0 Å². The van der Waals surface area contributed by atoms with E-state index in [0.717, 1.165) is 60.3 Å². The van der Waals surface area contributed by atoms with E-state index in [-0.39, 0.29) is 0 Å². The van der Waals surface area contributed by atoms with Crippen molar-refractivity contribution in [2.45, 2.75) is 0 Å². The Balaban J connectivity index is 1.49. The molecule has 0 aliphatic carbocycles. The molecular weight excluding hydrogens is 412 g/mol. The van der Waals surface area contributed by atoms with Crippen molar-refractivity contribution in [2.75, 3.05) is 0 Å². The van der Waals surface area contributed by atoms with Crippen LogP contribution in [0.3, 0.4) is 0 Å². The van der Waals surface area contributed by atoms with Crippen LogP contribution in [-0.2, 0) is 0 Å². The van der Waals surface area contributed by atoms with Gasteiger partial charge in [0.15, 0.2) is 0 Å². The number of rotatable bonds is 3. The van der Waals surface area contributed by atoms with Gasteiger partial charge in [0.1, 0.15) is 11.2 Å². The maximum atomic E-state index is 6.54. The van der Waals surface area contributed by atoms with Crippen molar-refractivity contribution in [2.24, 2.45) is 0 Å². The van der Waals surface area contributed by atoms with Gasteiger partial charge in [-0.25, -0.2) is 0 Å². The number of hydrogen-bond donors (Lipinski definition) is 0. The van der Waals surface area contributed by atoms with Gasteiger partial charge >= 0.3 is 0 Å². The molecule has 0 amide bonds. The van der Waals surface area contributed by atoms with Crippen LogP contribution < -0.4 is 0 Å². The summed E-state index contributed by atoms with van der Waals surface area (Å²) in [6.45, 7) is 0. The Kier molecular flexibility index (Phi) is 4.56. The minimum absolute atomic E-state index is 0.747. The summed E-state index contributed by atoms with van der Waals surface area (Å²) < 4.78 is 6.54. The van der Waals surface area contributed by atoms with Crippen LogP contribution in [0.1, 0.15) is 0 Å².